The fourth-order valence-electron chi connectivity index (χ4n) is 2.28. The molecule has 0 fully saturated rings. The van der Waals surface area contributed by atoms with Crippen molar-refractivity contribution in [3.05, 3.63) is 67.0 Å². The van der Waals surface area contributed by atoms with Gasteiger partial charge in [0, 0.05) is 24.0 Å². The first-order chi connectivity index (χ1) is 11.1. The minimum atomic E-state index is -0.679. The van der Waals surface area contributed by atoms with Crippen LogP contribution >= 0.6 is 0 Å². The summed E-state index contributed by atoms with van der Waals surface area (Å²) < 4.78 is 7.52. The molecule has 0 bridgehead atoms. The maximum Gasteiger partial charge on any atom is 0.258 e. The summed E-state index contributed by atoms with van der Waals surface area (Å²) in [6.45, 7) is 1.63. The zero-order valence-electron chi connectivity index (χ0n) is 12.7. The second-order valence-corrected chi connectivity index (χ2v) is 5.15. The van der Waals surface area contributed by atoms with Gasteiger partial charge in [-0.3, -0.25) is 9.36 Å². The highest BCUT2D eigenvalue weighted by Gasteiger charge is 2.12. The number of imidazole rings is 1. The predicted octanol–water partition coefficient (Wildman–Crippen LogP) is 2.79. The Hall–Kier alpha value is -3.08. The Morgan fingerprint density at radius 3 is 2.70 bits per heavy atom. The lowest BCUT2D eigenvalue weighted by atomic mass is 10.2. The van der Waals surface area contributed by atoms with E-state index in [9.17, 15) is 4.79 Å². The van der Waals surface area contributed by atoms with E-state index in [-0.39, 0.29) is 0 Å². The van der Waals surface area contributed by atoms with Gasteiger partial charge in [0.05, 0.1) is 5.69 Å². The predicted molar refractivity (Wildman–Crippen MR) is 88.3 cm³/mol. The molecule has 2 N–H and O–H groups in total. The molecule has 3 aromatic rings. The van der Waals surface area contributed by atoms with E-state index in [0.717, 1.165) is 17.1 Å². The first-order valence-electron chi connectivity index (χ1n) is 7.30. The van der Waals surface area contributed by atoms with E-state index >= 15 is 0 Å². The van der Waals surface area contributed by atoms with Gasteiger partial charge in [-0.15, -0.1) is 0 Å². The maximum absolute atomic E-state index is 11.1. The molecule has 3 rings (SSSR count). The van der Waals surface area contributed by atoms with E-state index in [0.29, 0.717) is 5.75 Å². The molecule has 1 aromatic heterocycles. The number of nitrogens with zero attached hydrogens (tertiary/aromatic N) is 2. The first-order valence-corrected chi connectivity index (χ1v) is 7.30. The van der Waals surface area contributed by atoms with Crippen LogP contribution in [0.25, 0.3) is 17.1 Å². The number of aromatic nitrogens is 2. The first kappa shape index (κ1) is 14.8. The Morgan fingerprint density at radius 1 is 1.17 bits per heavy atom. The van der Waals surface area contributed by atoms with Gasteiger partial charge in [-0.1, -0.05) is 36.4 Å². The molecule has 1 unspecified atom stereocenters. The van der Waals surface area contributed by atoms with Crippen LogP contribution in [0.15, 0.2) is 67.0 Å². The van der Waals surface area contributed by atoms with Gasteiger partial charge >= 0.3 is 0 Å². The summed E-state index contributed by atoms with van der Waals surface area (Å²) in [6, 6.07) is 17.4. The molecule has 5 nitrogen and oxygen atoms in total. The van der Waals surface area contributed by atoms with E-state index in [1.165, 1.54) is 0 Å². The molecule has 0 aliphatic heterocycles. The average Bonchev–Trinajstić information content (AvgIpc) is 3.05. The lowest BCUT2D eigenvalue weighted by Gasteiger charge is -2.13. The third-order valence-corrected chi connectivity index (χ3v) is 3.48. The smallest absolute Gasteiger partial charge is 0.258 e. The molecule has 23 heavy (non-hydrogen) atoms. The number of benzene rings is 2. The molecule has 0 saturated carbocycles. The molecule has 116 valence electrons. The number of hydrogen-bond acceptors (Lipinski definition) is 3. The molecular formula is C18H17N3O2. The second kappa shape index (κ2) is 6.36. The Kier molecular flexibility index (Phi) is 4.10. The fraction of sp³-hybridized carbons (Fsp3) is 0.111. The van der Waals surface area contributed by atoms with Crippen LogP contribution in [-0.4, -0.2) is 21.6 Å². The summed E-state index contributed by atoms with van der Waals surface area (Å²) in [4.78, 5) is 15.6. The monoisotopic (exact) mass is 307 g/mol. The van der Waals surface area contributed by atoms with Crippen LogP contribution in [0.5, 0.6) is 5.75 Å². The van der Waals surface area contributed by atoms with E-state index in [2.05, 4.69) is 4.98 Å². The summed E-state index contributed by atoms with van der Waals surface area (Å²) in [5, 5.41) is 0. The van der Waals surface area contributed by atoms with E-state index in [1.54, 1.807) is 19.2 Å². The van der Waals surface area contributed by atoms with Crippen molar-refractivity contribution in [3.63, 3.8) is 0 Å². The lowest BCUT2D eigenvalue weighted by Crippen LogP contribution is -2.30. The van der Waals surface area contributed by atoms with Crippen molar-refractivity contribution in [3.8, 4) is 22.8 Å². The Bertz CT molecular complexity index is 812. The highest BCUT2D eigenvalue weighted by Crippen LogP contribution is 2.24. The van der Waals surface area contributed by atoms with Crippen molar-refractivity contribution in [2.45, 2.75) is 13.0 Å². The number of carbonyl (C=O) groups is 1. The van der Waals surface area contributed by atoms with Crippen LogP contribution < -0.4 is 10.5 Å². The number of primary amides is 1. The molecule has 1 atom stereocenters. The molecule has 0 spiro atoms. The largest absolute Gasteiger partial charge is 0.481 e. The van der Waals surface area contributed by atoms with Gasteiger partial charge in [0.25, 0.3) is 5.91 Å². The quantitative estimate of drug-likeness (QED) is 0.788. The molecule has 1 heterocycles. The van der Waals surface area contributed by atoms with Crippen LogP contribution in [0, 0.1) is 0 Å². The number of carbonyl (C=O) groups excluding carboxylic acids is 1. The fourth-order valence-corrected chi connectivity index (χ4v) is 2.28. The number of ether oxygens (including phenoxy) is 1. The Morgan fingerprint density at radius 2 is 1.96 bits per heavy atom. The summed E-state index contributed by atoms with van der Waals surface area (Å²) in [6.07, 6.45) is 2.96. The topological polar surface area (TPSA) is 70.1 Å². The standard InChI is InChI=1S/C18H17N3O2/c1-13(17(19)22)23-16-9-5-8-15(12-16)21-11-10-20-18(21)14-6-3-2-4-7-14/h2-13H,1H3,(H2,19,22). The summed E-state index contributed by atoms with van der Waals surface area (Å²) in [5.74, 6) is 0.926. The Labute approximate surface area is 134 Å². The molecular weight excluding hydrogens is 290 g/mol. The van der Waals surface area contributed by atoms with Gasteiger partial charge < -0.3 is 10.5 Å². The number of amides is 1. The summed E-state index contributed by atoms with van der Waals surface area (Å²) in [5.41, 5.74) is 7.16. The van der Waals surface area contributed by atoms with Gasteiger partial charge in [-0.2, -0.15) is 0 Å². The minimum Gasteiger partial charge on any atom is -0.481 e. The van der Waals surface area contributed by atoms with Crippen molar-refractivity contribution in [2.24, 2.45) is 5.73 Å². The van der Waals surface area contributed by atoms with Crippen molar-refractivity contribution < 1.29 is 9.53 Å². The van der Waals surface area contributed by atoms with Crippen molar-refractivity contribution in [1.82, 2.24) is 9.55 Å². The molecule has 0 radical (unpaired) electrons. The number of nitrogens with two attached hydrogens (primary N) is 1. The zero-order chi connectivity index (χ0) is 16.2. The molecule has 1 amide bonds. The molecule has 5 heteroatoms. The molecule has 0 aliphatic rings. The van der Waals surface area contributed by atoms with E-state index in [1.807, 2.05) is 59.3 Å². The average molecular weight is 307 g/mol. The summed E-state index contributed by atoms with van der Waals surface area (Å²) in [7, 11) is 0. The zero-order valence-corrected chi connectivity index (χ0v) is 12.7. The molecule has 2 aromatic carbocycles. The van der Waals surface area contributed by atoms with E-state index in [4.69, 9.17) is 10.5 Å². The van der Waals surface area contributed by atoms with Crippen molar-refractivity contribution in [2.75, 3.05) is 0 Å². The second-order valence-electron chi connectivity index (χ2n) is 5.15. The van der Waals surface area contributed by atoms with Crippen LogP contribution in [-0.2, 0) is 4.79 Å². The SMILES string of the molecule is CC(Oc1cccc(-n2ccnc2-c2ccccc2)c1)C(N)=O. The van der Waals surface area contributed by atoms with Gasteiger partial charge in [-0.25, -0.2) is 4.98 Å². The molecule has 0 aliphatic carbocycles. The van der Waals surface area contributed by atoms with Crippen molar-refractivity contribution in [1.29, 1.82) is 0 Å². The van der Waals surface area contributed by atoms with Gasteiger partial charge in [0.1, 0.15) is 11.6 Å². The minimum absolute atomic E-state index is 0.497. The highest BCUT2D eigenvalue weighted by molar-refractivity contribution is 5.78. The van der Waals surface area contributed by atoms with Crippen LogP contribution in [0.3, 0.4) is 0 Å². The van der Waals surface area contributed by atoms with Gasteiger partial charge in [0.2, 0.25) is 0 Å². The highest BCUT2D eigenvalue weighted by atomic mass is 16.5. The summed E-state index contributed by atoms with van der Waals surface area (Å²) >= 11 is 0. The number of rotatable bonds is 5. The van der Waals surface area contributed by atoms with Gasteiger partial charge in [-0.05, 0) is 19.1 Å². The van der Waals surface area contributed by atoms with Crippen LogP contribution in [0.4, 0.5) is 0 Å². The third-order valence-electron chi connectivity index (χ3n) is 3.48. The van der Waals surface area contributed by atoms with Crippen LogP contribution in [0.1, 0.15) is 6.92 Å². The molecule has 0 saturated heterocycles. The van der Waals surface area contributed by atoms with E-state index < -0.39 is 12.0 Å². The normalized spacial score (nSPS) is 11.9. The maximum atomic E-state index is 11.1. The number of hydrogen-bond donors (Lipinski definition) is 1. The van der Waals surface area contributed by atoms with Crippen LogP contribution in [0.2, 0.25) is 0 Å². The lowest BCUT2D eigenvalue weighted by molar-refractivity contribution is -0.123. The van der Waals surface area contributed by atoms with Gasteiger partial charge in [0.15, 0.2) is 6.10 Å². The third kappa shape index (κ3) is 3.23. The Balaban J connectivity index is 1.95. The van der Waals surface area contributed by atoms with Crippen molar-refractivity contribution >= 4 is 5.91 Å².